The second kappa shape index (κ2) is 5.48. The molecule has 3 rings (SSSR count). The fraction of sp³-hybridized carbons (Fsp3) is 0.500. The van der Waals surface area contributed by atoms with Crippen molar-refractivity contribution in [2.24, 2.45) is 0 Å². The summed E-state index contributed by atoms with van der Waals surface area (Å²) in [5.74, 6) is -0.0326. The number of hydrogen-bond acceptors (Lipinski definition) is 3. The summed E-state index contributed by atoms with van der Waals surface area (Å²) in [4.78, 5) is 25.7. The van der Waals surface area contributed by atoms with Crippen LogP contribution >= 0.6 is 0 Å². The molecule has 1 N–H and O–H groups in total. The van der Waals surface area contributed by atoms with Gasteiger partial charge >= 0.3 is 0 Å². The van der Waals surface area contributed by atoms with E-state index in [4.69, 9.17) is 4.74 Å². The molecule has 0 aliphatic carbocycles. The normalized spacial score (nSPS) is 25.5. The molecule has 0 saturated carbocycles. The van der Waals surface area contributed by atoms with Crippen LogP contribution in [0.4, 0.5) is 0 Å². The zero-order valence-electron chi connectivity index (χ0n) is 12.2. The van der Waals surface area contributed by atoms with Gasteiger partial charge in [-0.2, -0.15) is 0 Å². The number of nitrogens with one attached hydrogen (secondary N) is 1. The van der Waals surface area contributed by atoms with Gasteiger partial charge in [0.15, 0.2) is 5.60 Å². The lowest BCUT2D eigenvalue weighted by molar-refractivity contribution is -0.160. The van der Waals surface area contributed by atoms with Crippen LogP contribution in [0.2, 0.25) is 0 Å². The van der Waals surface area contributed by atoms with Crippen molar-refractivity contribution in [3.8, 4) is 0 Å². The summed E-state index contributed by atoms with van der Waals surface area (Å²) in [5, 5.41) is 2.83. The van der Waals surface area contributed by atoms with Crippen LogP contribution < -0.4 is 5.32 Å². The van der Waals surface area contributed by atoms with E-state index in [1.807, 2.05) is 30.3 Å². The van der Waals surface area contributed by atoms with Crippen molar-refractivity contribution < 1.29 is 14.3 Å². The van der Waals surface area contributed by atoms with Crippen LogP contribution in [-0.4, -0.2) is 42.5 Å². The Balaban J connectivity index is 1.74. The van der Waals surface area contributed by atoms with Crippen LogP contribution in [0.1, 0.15) is 25.3 Å². The van der Waals surface area contributed by atoms with E-state index < -0.39 is 5.60 Å². The first-order valence-electron chi connectivity index (χ1n) is 7.38. The van der Waals surface area contributed by atoms with Gasteiger partial charge in [0.2, 0.25) is 5.91 Å². The second-order valence-electron chi connectivity index (χ2n) is 5.75. The van der Waals surface area contributed by atoms with Crippen molar-refractivity contribution in [2.45, 2.75) is 31.4 Å². The van der Waals surface area contributed by atoms with Crippen LogP contribution in [0.25, 0.3) is 0 Å². The van der Waals surface area contributed by atoms with Gasteiger partial charge in [0, 0.05) is 26.6 Å². The van der Waals surface area contributed by atoms with E-state index in [1.165, 1.54) is 6.92 Å². The summed E-state index contributed by atoms with van der Waals surface area (Å²) in [6, 6.07) is 9.78. The minimum atomic E-state index is -0.831. The summed E-state index contributed by atoms with van der Waals surface area (Å²) in [6.07, 6.45) is 1.61. The Labute approximate surface area is 124 Å². The molecule has 112 valence electrons. The van der Waals surface area contributed by atoms with Crippen molar-refractivity contribution in [1.82, 2.24) is 10.2 Å². The molecule has 5 nitrogen and oxygen atoms in total. The summed E-state index contributed by atoms with van der Waals surface area (Å²) in [6.45, 7) is 3.24. The van der Waals surface area contributed by atoms with Gasteiger partial charge in [0.1, 0.15) is 0 Å². The molecule has 2 saturated heterocycles. The Morgan fingerprint density at radius 1 is 1.29 bits per heavy atom. The zero-order valence-corrected chi connectivity index (χ0v) is 12.2. The molecule has 5 heteroatoms. The average molecular weight is 288 g/mol. The highest BCUT2D eigenvalue weighted by Gasteiger charge is 2.49. The van der Waals surface area contributed by atoms with Crippen LogP contribution in [0.5, 0.6) is 0 Å². The van der Waals surface area contributed by atoms with Gasteiger partial charge in [-0.1, -0.05) is 30.3 Å². The lowest BCUT2D eigenvalue weighted by atomic mass is 9.88. The molecule has 21 heavy (non-hydrogen) atoms. The van der Waals surface area contributed by atoms with Crippen molar-refractivity contribution in [3.05, 3.63) is 35.9 Å². The molecular weight excluding hydrogens is 268 g/mol. The van der Waals surface area contributed by atoms with Gasteiger partial charge < -0.3 is 15.0 Å². The molecule has 2 aliphatic heterocycles. The number of hydrogen-bond donors (Lipinski definition) is 1. The van der Waals surface area contributed by atoms with E-state index in [1.54, 1.807) is 4.90 Å². The SMILES string of the molecule is CC(=O)NC1CN(C(=O)C2(c3ccccc3)CCCO2)C1. The molecule has 1 atom stereocenters. The first kappa shape index (κ1) is 14.1. The van der Waals surface area contributed by atoms with E-state index in [0.29, 0.717) is 19.7 Å². The highest BCUT2D eigenvalue weighted by atomic mass is 16.5. The number of ether oxygens (including phenoxy) is 1. The molecule has 2 heterocycles. The predicted molar refractivity (Wildman–Crippen MR) is 77.5 cm³/mol. The number of likely N-dealkylation sites (tertiary alicyclic amines) is 1. The highest BCUT2D eigenvalue weighted by Crippen LogP contribution is 2.38. The lowest BCUT2D eigenvalue weighted by Crippen LogP contribution is -2.64. The van der Waals surface area contributed by atoms with E-state index in [0.717, 1.165) is 18.4 Å². The average Bonchev–Trinajstić information content (AvgIpc) is 2.93. The van der Waals surface area contributed by atoms with Crippen molar-refractivity contribution >= 4 is 11.8 Å². The number of amides is 2. The fourth-order valence-electron chi connectivity index (χ4n) is 3.15. The predicted octanol–water partition coefficient (Wildman–Crippen LogP) is 1.04. The van der Waals surface area contributed by atoms with Gasteiger partial charge in [-0.25, -0.2) is 0 Å². The van der Waals surface area contributed by atoms with Gasteiger partial charge in [-0.3, -0.25) is 9.59 Å². The Kier molecular flexibility index (Phi) is 3.68. The monoisotopic (exact) mass is 288 g/mol. The van der Waals surface area contributed by atoms with E-state index in [2.05, 4.69) is 5.32 Å². The number of rotatable bonds is 3. The highest BCUT2D eigenvalue weighted by molar-refractivity contribution is 5.88. The van der Waals surface area contributed by atoms with E-state index in [9.17, 15) is 9.59 Å². The fourth-order valence-corrected chi connectivity index (χ4v) is 3.15. The van der Waals surface area contributed by atoms with Crippen LogP contribution in [-0.2, 0) is 19.9 Å². The lowest BCUT2D eigenvalue weighted by Gasteiger charge is -2.43. The van der Waals surface area contributed by atoms with Crippen LogP contribution in [0, 0.1) is 0 Å². The summed E-state index contributed by atoms with van der Waals surface area (Å²) >= 11 is 0. The number of carbonyl (C=O) groups is 2. The molecule has 1 aromatic rings. The third-order valence-corrected chi connectivity index (χ3v) is 4.18. The zero-order chi connectivity index (χ0) is 14.9. The van der Waals surface area contributed by atoms with Crippen molar-refractivity contribution in [1.29, 1.82) is 0 Å². The second-order valence-corrected chi connectivity index (χ2v) is 5.75. The van der Waals surface area contributed by atoms with Crippen molar-refractivity contribution in [2.75, 3.05) is 19.7 Å². The Morgan fingerprint density at radius 3 is 2.57 bits per heavy atom. The molecular formula is C16H20N2O3. The maximum absolute atomic E-state index is 12.9. The van der Waals surface area contributed by atoms with Gasteiger partial charge in [0.25, 0.3) is 5.91 Å². The molecule has 1 unspecified atom stereocenters. The Bertz CT molecular complexity index is 532. The van der Waals surface area contributed by atoms with E-state index in [-0.39, 0.29) is 17.9 Å². The minimum absolute atomic E-state index is 0.0211. The van der Waals surface area contributed by atoms with Gasteiger partial charge in [-0.05, 0) is 18.4 Å². The van der Waals surface area contributed by atoms with Crippen molar-refractivity contribution in [3.63, 3.8) is 0 Å². The summed E-state index contributed by atoms with van der Waals surface area (Å²) in [5.41, 5.74) is 0.0955. The maximum atomic E-state index is 12.9. The third-order valence-electron chi connectivity index (χ3n) is 4.18. The largest absolute Gasteiger partial charge is 0.360 e. The first-order valence-corrected chi connectivity index (χ1v) is 7.38. The Morgan fingerprint density at radius 2 is 2.00 bits per heavy atom. The quantitative estimate of drug-likeness (QED) is 0.904. The van der Waals surface area contributed by atoms with Gasteiger partial charge in [0.05, 0.1) is 6.04 Å². The molecule has 0 aromatic heterocycles. The minimum Gasteiger partial charge on any atom is -0.360 e. The van der Waals surface area contributed by atoms with E-state index >= 15 is 0 Å². The smallest absolute Gasteiger partial charge is 0.259 e. The molecule has 1 aromatic carbocycles. The maximum Gasteiger partial charge on any atom is 0.259 e. The molecule has 2 fully saturated rings. The molecule has 0 radical (unpaired) electrons. The molecule has 0 bridgehead atoms. The molecule has 2 amide bonds. The Hall–Kier alpha value is -1.88. The summed E-state index contributed by atoms with van der Waals surface area (Å²) in [7, 11) is 0. The number of nitrogens with zero attached hydrogens (tertiary/aromatic N) is 1. The summed E-state index contributed by atoms with van der Waals surface area (Å²) < 4.78 is 5.88. The first-order chi connectivity index (χ1) is 10.1. The molecule has 0 spiro atoms. The number of carbonyl (C=O) groups excluding carboxylic acids is 2. The van der Waals surface area contributed by atoms with Crippen LogP contribution in [0.3, 0.4) is 0 Å². The van der Waals surface area contributed by atoms with Gasteiger partial charge in [-0.15, -0.1) is 0 Å². The standard InChI is InChI=1S/C16H20N2O3/c1-12(19)17-14-10-18(11-14)15(20)16(8-5-9-21-16)13-6-3-2-4-7-13/h2-4,6-7,14H,5,8-11H2,1H3,(H,17,19). The molecule has 2 aliphatic rings. The number of benzene rings is 1. The topological polar surface area (TPSA) is 58.6 Å². The third kappa shape index (κ3) is 2.53. The van der Waals surface area contributed by atoms with Crippen LogP contribution in [0.15, 0.2) is 30.3 Å².